The van der Waals surface area contributed by atoms with Gasteiger partial charge in [0.25, 0.3) is 0 Å². The van der Waals surface area contributed by atoms with Crippen LogP contribution >= 0.6 is 0 Å². The molecule has 0 aliphatic carbocycles. The van der Waals surface area contributed by atoms with Gasteiger partial charge in [0.15, 0.2) is 0 Å². The van der Waals surface area contributed by atoms with E-state index in [0.717, 1.165) is 21.8 Å². The zero-order valence-electron chi connectivity index (χ0n) is 12.1. The van der Waals surface area contributed by atoms with Crippen LogP contribution in [0, 0.1) is 0 Å². The second-order valence-corrected chi connectivity index (χ2v) is 5.12. The first-order valence-corrected chi connectivity index (χ1v) is 7.23. The van der Waals surface area contributed by atoms with E-state index >= 15 is 0 Å². The van der Waals surface area contributed by atoms with E-state index in [4.69, 9.17) is 4.74 Å². The first-order chi connectivity index (χ1) is 11.3. The fourth-order valence-corrected chi connectivity index (χ4v) is 2.43. The number of ether oxygens (including phenoxy) is 1. The predicted molar refractivity (Wildman–Crippen MR) is 88.4 cm³/mol. The Balaban J connectivity index is 1.64. The average Bonchev–Trinajstić information content (AvgIpc) is 2.61. The maximum atomic E-state index is 12.3. The molecule has 2 aromatic carbocycles. The summed E-state index contributed by atoms with van der Waals surface area (Å²) in [7, 11) is 0. The van der Waals surface area contributed by atoms with E-state index in [0.29, 0.717) is 0 Å². The lowest BCUT2D eigenvalue weighted by Gasteiger charge is -2.05. The molecule has 0 atom stereocenters. The van der Waals surface area contributed by atoms with Gasteiger partial charge in [0.05, 0.1) is 11.0 Å². The Labute approximate surface area is 132 Å². The van der Waals surface area contributed by atoms with Gasteiger partial charge in [-0.3, -0.25) is 0 Å². The summed E-state index contributed by atoms with van der Waals surface area (Å²) >= 11 is 0. The lowest BCUT2D eigenvalue weighted by molar-refractivity contribution is 0.0722. The molecule has 0 N–H and O–H groups in total. The Morgan fingerprint density at radius 2 is 1.30 bits per heavy atom. The van der Waals surface area contributed by atoms with Gasteiger partial charge in [0, 0.05) is 16.8 Å². The molecule has 0 radical (unpaired) electrons. The molecule has 2 heterocycles. The van der Waals surface area contributed by atoms with Crippen LogP contribution in [0.15, 0.2) is 72.8 Å². The summed E-state index contributed by atoms with van der Waals surface area (Å²) in [6, 6.07) is 22.4. The Morgan fingerprint density at radius 3 is 2.04 bits per heavy atom. The number of benzene rings is 2. The smallest absolute Gasteiger partial charge is 0.363 e. The minimum absolute atomic E-state index is 0.263. The molecule has 0 saturated carbocycles. The molecule has 23 heavy (non-hydrogen) atoms. The van der Waals surface area contributed by atoms with E-state index in [-0.39, 0.29) is 11.6 Å². The first kappa shape index (κ1) is 13.4. The Kier molecular flexibility index (Phi) is 3.20. The summed E-state index contributed by atoms with van der Waals surface area (Å²) in [4.78, 5) is 20.9. The van der Waals surface area contributed by atoms with E-state index in [1.165, 1.54) is 0 Å². The molecule has 0 amide bonds. The van der Waals surface area contributed by atoms with Crippen LogP contribution in [0.1, 0.15) is 10.5 Å². The van der Waals surface area contributed by atoms with Gasteiger partial charge in [-0.25, -0.2) is 14.8 Å². The predicted octanol–water partition coefficient (Wildman–Crippen LogP) is 4.00. The highest BCUT2D eigenvalue weighted by Crippen LogP contribution is 2.18. The number of para-hydroxylation sites is 2. The fourth-order valence-electron chi connectivity index (χ4n) is 2.43. The summed E-state index contributed by atoms with van der Waals surface area (Å²) < 4.78 is 5.34. The third-order valence-electron chi connectivity index (χ3n) is 3.58. The highest BCUT2D eigenvalue weighted by molar-refractivity contribution is 5.92. The molecular formula is C19H12N2O2. The van der Waals surface area contributed by atoms with Crippen molar-refractivity contribution in [3.8, 4) is 5.88 Å². The van der Waals surface area contributed by atoms with E-state index in [1.807, 2.05) is 60.7 Å². The molecular weight excluding hydrogens is 288 g/mol. The standard InChI is InChI=1S/C19H12N2O2/c22-19(17-11-9-13-5-1-3-7-15(13)20-17)23-18-12-10-14-6-2-4-8-16(14)21-18/h1-12H. The van der Waals surface area contributed by atoms with Gasteiger partial charge in [-0.05, 0) is 24.3 Å². The summed E-state index contributed by atoms with van der Waals surface area (Å²) in [6.45, 7) is 0. The summed E-state index contributed by atoms with van der Waals surface area (Å²) in [5, 5.41) is 1.98. The van der Waals surface area contributed by atoms with Gasteiger partial charge in [-0.1, -0.05) is 42.5 Å². The number of carbonyl (C=O) groups is 1. The van der Waals surface area contributed by atoms with Crippen molar-refractivity contribution in [3.63, 3.8) is 0 Å². The molecule has 2 aromatic heterocycles. The van der Waals surface area contributed by atoms with Gasteiger partial charge >= 0.3 is 5.97 Å². The molecule has 0 fully saturated rings. The molecule has 4 rings (SSSR count). The largest absolute Gasteiger partial charge is 0.403 e. The second-order valence-electron chi connectivity index (χ2n) is 5.12. The minimum atomic E-state index is -0.515. The first-order valence-electron chi connectivity index (χ1n) is 7.23. The summed E-state index contributed by atoms with van der Waals surface area (Å²) in [5.74, 6) is -0.248. The van der Waals surface area contributed by atoms with Crippen molar-refractivity contribution >= 4 is 27.8 Å². The molecule has 0 aliphatic rings. The third kappa shape index (κ3) is 2.62. The lowest BCUT2D eigenvalue weighted by atomic mass is 10.2. The molecule has 0 bridgehead atoms. The van der Waals surface area contributed by atoms with Gasteiger partial charge in [-0.2, -0.15) is 0 Å². The number of fused-ring (bicyclic) bond motifs is 2. The number of esters is 1. The number of carbonyl (C=O) groups excluding carboxylic acids is 1. The maximum Gasteiger partial charge on any atom is 0.363 e. The fraction of sp³-hybridized carbons (Fsp3) is 0. The number of pyridine rings is 2. The van der Waals surface area contributed by atoms with Gasteiger partial charge in [0.2, 0.25) is 5.88 Å². The van der Waals surface area contributed by atoms with Crippen LogP contribution in [0.25, 0.3) is 21.8 Å². The molecule has 4 nitrogen and oxygen atoms in total. The zero-order valence-corrected chi connectivity index (χ0v) is 12.1. The number of rotatable bonds is 2. The number of nitrogens with zero attached hydrogens (tertiary/aromatic N) is 2. The monoisotopic (exact) mass is 300 g/mol. The number of aromatic nitrogens is 2. The van der Waals surface area contributed by atoms with Crippen LogP contribution in [0.4, 0.5) is 0 Å². The van der Waals surface area contributed by atoms with Crippen LogP contribution in [-0.4, -0.2) is 15.9 Å². The molecule has 110 valence electrons. The SMILES string of the molecule is O=C(Oc1ccc2ccccc2n1)c1ccc2ccccc2n1. The minimum Gasteiger partial charge on any atom is -0.403 e. The Bertz CT molecular complexity index is 1030. The van der Waals surface area contributed by atoms with E-state index in [2.05, 4.69) is 9.97 Å². The van der Waals surface area contributed by atoms with Crippen LogP contribution < -0.4 is 4.74 Å². The lowest BCUT2D eigenvalue weighted by Crippen LogP contribution is -2.11. The molecule has 0 saturated heterocycles. The maximum absolute atomic E-state index is 12.3. The number of hydrogen-bond acceptors (Lipinski definition) is 4. The van der Waals surface area contributed by atoms with Crippen molar-refractivity contribution in [3.05, 3.63) is 78.5 Å². The molecule has 4 heteroatoms. The van der Waals surface area contributed by atoms with Gasteiger partial charge in [0.1, 0.15) is 5.69 Å². The Hall–Kier alpha value is -3.27. The molecule has 0 spiro atoms. The van der Waals surface area contributed by atoms with Crippen molar-refractivity contribution < 1.29 is 9.53 Å². The highest BCUT2D eigenvalue weighted by Gasteiger charge is 2.12. The summed E-state index contributed by atoms with van der Waals surface area (Å²) in [5.41, 5.74) is 1.80. The van der Waals surface area contributed by atoms with Gasteiger partial charge in [-0.15, -0.1) is 0 Å². The normalized spacial score (nSPS) is 10.8. The topological polar surface area (TPSA) is 52.1 Å². The highest BCUT2D eigenvalue weighted by atomic mass is 16.5. The van der Waals surface area contributed by atoms with Gasteiger partial charge < -0.3 is 4.74 Å². The van der Waals surface area contributed by atoms with E-state index in [1.54, 1.807) is 12.1 Å². The van der Waals surface area contributed by atoms with Crippen molar-refractivity contribution in [1.29, 1.82) is 0 Å². The molecule has 4 aromatic rings. The molecule has 0 aliphatic heterocycles. The van der Waals surface area contributed by atoms with E-state index in [9.17, 15) is 4.79 Å². The van der Waals surface area contributed by atoms with Crippen LogP contribution in [0.3, 0.4) is 0 Å². The van der Waals surface area contributed by atoms with Crippen LogP contribution in [-0.2, 0) is 0 Å². The van der Waals surface area contributed by atoms with Crippen molar-refractivity contribution in [2.75, 3.05) is 0 Å². The zero-order chi connectivity index (χ0) is 15.6. The quantitative estimate of drug-likeness (QED) is 0.525. The summed E-state index contributed by atoms with van der Waals surface area (Å²) in [6.07, 6.45) is 0. The van der Waals surface area contributed by atoms with Crippen molar-refractivity contribution in [2.24, 2.45) is 0 Å². The Morgan fingerprint density at radius 1 is 0.696 bits per heavy atom. The number of hydrogen-bond donors (Lipinski definition) is 0. The second kappa shape index (κ2) is 5.50. The third-order valence-corrected chi connectivity index (χ3v) is 3.58. The van der Waals surface area contributed by atoms with E-state index < -0.39 is 5.97 Å². The van der Waals surface area contributed by atoms with Crippen LogP contribution in [0.5, 0.6) is 5.88 Å². The van der Waals surface area contributed by atoms with Crippen molar-refractivity contribution in [2.45, 2.75) is 0 Å². The molecule has 0 unspecified atom stereocenters. The van der Waals surface area contributed by atoms with Crippen molar-refractivity contribution in [1.82, 2.24) is 9.97 Å². The van der Waals surface area contributed by atoms with Crippen LogP contribution in [0.2, 0.25) is 0 Å². The average molecular weight is 300 g/mol.